The molecule has 0 aromatic carbocycles. The van der Waals surface area contributed by atoms with Crippen molar-refractivity contribution in [3.05, 3.63) is 35.7 Å². The first-order valence-electron chi connectivity index (χ1n) is 8.34. The molecule has 0 fully saturated rings. The monoisotopic (exact) mass is 347 g/mol. The van der Waals surface area contributed by atoms with Crippen LogP contribution in [0.4, 0.5) is 4.79 Å². The second kappa shape index (κ2) is 7.13. The first-order valence-corrected chi connectivity index (χ1v) is 8.34. The molecule has 0 aliphatic heterocycles. The quantitative estimate of drug-likeness (QED) is 0.790. The lowest BCUT2D eigenvalue weighted by Gasteiger charge is -2.25. The molecule has 7 heteroatoms. The maximum atomic E-state index is 12.8. The average molecular weight is 347 g/mol. The zero-order valence-electron chi connectivity index (χ0n) is 15.6. The third-order valence-electron chi connectivity index (χ3n) is 3.40. The minimum Gasteiger partial charge on any atom is -0.442 e. The van der Waals surface area contributed by atoms with Crippen molar-refractivity contribution in [1.29, 1.82) is 0 Å². The van der Waals surface area contributed by atoms with Crippen molar-refractivity contribution < 1.29 is 19.2 Å². The van der Waals surface area contributed by atoms with E-state index in [2.05, 4.69) is 5.10 Å². The maximum Gasteiger partial charge on any atom is 0.443 e. The molecule has 1 amide bonds. The predicted octanol–water partition coefficient (Wildman–Crippen LogP) is 3.79. The van der Waals surface area contributed by atoms with Crippen molar-refractivity contribution in [2.24, 2.45) is 0 Å². The SMILES string of the molecule is CCN(OC(=O)c1c(C(C)C)nn2ccccc12)C(=O)OC(C)(C)C. The van der Waals surface area contributed by atoms with Crippen molar-refractivity contribution in [3.63, 3.8) is 0 Å². The Kier molecular flexibility index (Phi) is 5.35. The van der Waals surface area contributed by atoms with Gasteiger partial charge in [0.2, 0.25) is 0 Å². The van der Waals surface area contributed by atoms with Crippen molar-refractivity contribution in [2.75, 3.05) is 6.54 Å². The summed E-state index contributed by atoms with van der Waals surface area (Å²) in [5, 5.41) is 5.37. The van der Waals surface area contributed by atoms with Crippen molar-refractivity contribution in [2.45, 2.75) is 53.1 Å². The highest BCUT2D eigenvalue weighted by atomic mass is 16.8. The zero-order chi connectivity index (χ0) is 18.8. The number of carbonyl (C=O) groups excluding carboxylic acids is 2. The van der Waals surface area contributed by atoms with E-state index in [0.29, 0.717) is 16.8 Å². The van der Waals surface area contributed by atoms with Crippen LogP contribution in [0.2, 0.25) is 0 Å². The Morgan fingerprint density at radius 1 is 1.28 bits per heavy atom. The highest BCUT2D eigenvalue weighted by molar-refractivity contribution is 5.98. The normalized spacial score (nSPS) is 11.6. The number of amides is 1. The summed E-state index contributed by atoms with van der Waals surface area (Å²) in [4.78, 5) is 30.3. The van der Waals surface area contributed by atoms with E-state index in [9.17, 15) is 9.59 Å². The topological polar surface area (TPSA) is 73.1 Å². The number of rotatable bonds is 3. The standard InChI is InChI=1S/C18H25N3O4/c1-7-21(17(23)24-18(4,5)6)25-16(22)14-13-10-8-9-11-20(13)19-15(14)12(2)3/h8-12H,7H2,1-6H3. The van der Waals surface area contributed by atoms with E-state index in [1.807, 2.05) is 26.0 Å². The fourth-order valence-electron chi connectivity index (χ4n) is 2.32. The van der Waals surface area contributed by atoms with Gasteiger partial charge in [-0.3, -0.25) is 0 Å². The molecule has 136 valence electrons. The fourth-order valence-corrected chi connectivity index (χ4v) is 2.32. The van der Waals surface area contributed by atoms with Crippen LogP contribution >= 0.6 is 0 Å². The molecule has 2 aromatic heterocycles. The van der Waals surface area contributed by atoms with E-state index in [1.54, 1.807) is 44.5 Å². The van der Waals surface area contributed by atoms with E-state index in [1.165, 1.54) is 0 Å². The zero-order valence-corrected chi connectivity index (χ0v) is 15.6. The molecule has 0 unspecified atom stereocenters. The Hall–Kier alpha value is -2.57. The smallest absolute Gasteiger partial charge is 0.442 e. The van der Waals surface area contributed by atoms with Gasteiger partial charge in [-0.2, -0.15) is 5.10 Å². The third kappa shape index (κ3) is 4.29. The first-order chi connectivity index (χ1) is 11.6. The molecule has 7 nitrogen and oxygen atoms in total. The van der Waals surface area contributed by atoms with E-state index < -0.39 is 17.7 Å². The second-order valence-corrected chi connectivity index (χ2v) is 7.00. The molecular formula is C18H25N3O4. The third-order valence-corrected chi connectivity index (χ3v) is 3.40. The Morgan fingerprint density at radius 2 is 1.96 bits per heavy atom. The lowest BCUT2D eigenvalue weighted by atomic mass is 10.1. The van der Waals surface area contributed by atoms with Crippen LogP contribution in [0.3, 0.4) is 0 Å². The van der Waals surface area contributed by atoms with Gasteiger partial charge in [0.05, 0.1) is 17.8 Å². The molecule has 0 N–H and O–H groups in total. The van der Waals surface area contributed by atoms with Crippen LogP contribution in [0.15, 0.2) is 24.4 Å². The largest absolute Gasteiger partial charge is 0.443 e. The van der Waals surface area contributed by atoms with Gasteiger partial charge < -0.3 is 9.57 Å². The van der Waals surface area contributed by atoms with E-state index in [4.69, 9.17) is 9.57 Å². The molecule has 0 aliphatic carbocycles. The van der Waals surface area contributed by atoms with E-state index >= 15 is 0 Å². The molecule has 0 radical (unpaired) electrons. The molecule has 0 atom stereocenters. The summed E-state index contributed by atoms with van der Waals surface area (Å²) < 4.78 is 6.90. The van der Waals surface area contributed by atoms with E-state index in [-0.39, 0.29) is 12.5 Å². The number of aromatic nitrogens is 2. The van der Waals surface area contributed by atoms with Gasteiger partial charge in [-0.25, -0.2) is 14.1 Å². The number of hydroxylamine groups is 2. The van der Waals surface area contributed by atoms with Crippen molar-refractivity contribution >= 4 is 17.6 Å². The molecule has 0 aliphatic rings. The lowest BCUT2D eigenvalue weighted by Crippen LogP contribution is -2.38. The van der Waals surface area contributed by atoms with Crippen molar-refractivity contribution in [3.8, 4) is 0 Å². The van der Waals surface area contributed by atoms with Crippen molar-refractivity contribution in [1.82, 2.24) is 14.7 Å². The summed E-state index contributed by atoms with van der Waals surface area (Å²) in [6.45, 7) is 11.0. The average Bonchev–Trinajstić information content (AvgIpc) is 2.90. The molecular weight excluding hydrogens is 322 g/mol. The van der Waals surface area contributed by atoms with Gasteiger partial charge in [0.25, 0.3) is 0 Å². The number of hydrogen-bond donors (Lipinski definition) is 0. The molecule has 2 heterocycles. The minimum absolute atomic E-state index is 0.0269. The number of carbonyl (C=O) groups is 2. The summed E-state index contributed by atoms with van der Waals surface area (Å²) in [5.74, 6) is -0.600. The molecule has 2 rings (SSSR count). The van der Waals surface area contributed by atoms with Gasteiger partial charge in [0.15, 0.2) is 0 Å². The minimum atomic E-state index is -0.703. The summed E-state index contributed by atoms with van der Waals surface area (Å²) >= 11 is 0. The van der Waals surface area contributed by atoms with Crippen LogP contribution in [0, 0.1) is 0 Å². The van der Waals surface area contributed by atoms with Gasteiger partial charge in [0, 0.05) is 6.20 Å². The lowest BCUT2D eigenvalue weighted by molar-refractivity contribution is -0.105. The van der Waals surface area contributed by atoms with Gasteiger partial charge in [-0.15, -0.1) is 5.06 Å². The number of ether oxygens (including phenoxy) is 1. The summed E-state index contributed by atoms with van der Waals surface area (Å²) in [6, 6.07) is 5.45. The number of hydrogen-bond acceptors (Lipinski definition) is 5. The van der Waals surface area contributed by atoms with Gasteiger partial charge >= 0.3 is 12.1 Å². The van der Waals surface area contributed by atoms with E-state index in [0.717, 1.165) is 5.06 Å². The molecule has 0 saturated heterocycles. The second-order valence-electron chi connectivity index (χ2n) is 7.00. The van der Waals surface area contributed by atoms with Crippen LogP contribution in [-0.2, 0) is 9.57 Å². The fraction of sp³-hybridized carbons (Fsp3) is 0.500. The highest BCUT2D eigenvalue weighted by Gasteiger charge is 2.28. The van der Waals surface area contributed by atoms with Gasteiger partial charge in [0.1, 0.15) is 11.2 Å². The van der Waals surface area contributed by atoms with Crippen LogP contribution < -0.4 is 0 Å². The Labute approximate surface area is 147 Å². The maximum absolute atomic E-state index is 12.8. The highest BCUT2D eigenvalue weighted by Crippen LogP contribution is 2.24. The van der Waals surface area contributed by atoms with Crippen LogP contribution in [0.1, 0.15) is 63.5 Å². The summed E-state index contributed by atoms with van der Waals surface area (Å²) in [7, 11) is 0. The van der Waals surface area contributed by atoms with Gasteiger partial charge in [-0.05, 0) is 45.7 Å². The Balaban J connectivity index is 2.32. The first kappa shape index (κ1) is 18.8. The number of fused-ring (bicyclic) bond motifs is 1. The van der Waals surface area contributed by atoms with Crippen LogP contribution in [-0.4, -0.2) is 38.9 Å². The molecule has 0 saturated carbocycles. The van der Waals surface area contributed by atoms with Crippen LogP contribution in [0.5, 0.6) is 0 Å². The molecule has 2 aromatic rings. The summed E-state index contributed by atoms with van der Waals surface area (Å²) in [6.07, 6.45) is 1.06. The summed E-state index contributed by atoms with van der Waals surface area (Å²) in [5.41, 5.74) is 0.940. The number of pyridine rings is 1. The van der Waals surface area contributed by atoms with Gasteiger partial charge in [-0.1, -0.05) is 19.9 Å². The molecule has 0 spiro atoms. The Morgan fingerprint density at radius 3 is 2.52 bits per heavy atom. The number of nitrogens with zero attached hydrogens (tertiary/aromatic N) is 3. The van der Waals surface area contributed by atoms with Crippen LogP contribution in [0.25, 0.3) is 5.52 Å². The molecule has 0 bridgehead atoms. The Bertz CT molecular complexity index is 774. The predicted molar refractivity (Wildman–Crippen MR) is 93.3 cm³/mol. The molecule has 25 heavy (non-hydrogen) atoms.